The SMILES string of the molecule is CCn1cc([N+](=O)[O-])c(=O)n(CCC(C)(C)O)c1=O. The Morgan fingerprint density at radius 3 is 2.42 bits per heavy atom. The Balaban J connectivity index is 3.37. The third-order valence-corrected chi connectivity index (χ3v) is 2.70. The topological polar surface area (TPSA) is 107 Å². The minimum Gasteiger partial charge on any atom is -0.390 e. The molecule has 0 spiro atoms. The molecule has 1 aromatic rings. The van der Waals surface area contributed by atoms with Crippen LogP contribution in [-0.2, 0) is 13.1 Å². The van der Waals surface area contributed by atoms with Crippen molar-refractivity contribution in [2.75, 3.05) is 0 Å². The normalized spacial score (nSPS) is 11.6. The molecule has 0 amide bonds. The van der Waals surface area contributed by atoms with Crippen molar-refractivity contribution in [1.82, 2.24) is 9.13 Å². The Morgan fingerprint density at radius 2 is 2.00 bits per heavy atom. The molecule has 19 heavy (non-hydrogen) atoms. The van der Waals surface area contributed by atoms with Gasteiger partial charge >= 0.3 is 16.9 Å². The van der Waals surface area contributed by atoms with Gasteiger partial charge in [0.25, 0.3) is 0 Å². The second-order valence-corrected chi connectivity index (χ2v) is 4.86. The van der Waals surface area contributed by atoms with Gasteiger partial charge in [-0.2, -0.15) is 0 Å². The van der Waals surface area contributed by atoms with Crippen molar-refractivity contribution < 1.29 is 10.0 Å². The third-order valence-electron chi connectivity index (χ3n) is 2.70. The number of nitro groups is 1. The Morgan fingerprint density at radius 1 is 1.42 bits per heavy atom. The molecule has 0 aromatic carbocycles. The maximum Gasteiger partial charge on any atom is 0.350 e. The lowest BCUT2D eigenvalue weighted by Gasteiger charge is -2.17. The molecule has 1 aromatic heterocycles. The lowest BCUT2D eigenvalue weighted by atomic mass is 10.1. The van der Waals surface area contributed by atoms with Crippen molar-refractivity contribution >= 4 is 5.69 Å². The molecule has 0 saturated heterocycles. The number of hydrogen-bond donors (Lipinski definition) is 1. The first-order chi connectivity index (χ1) is 8.67. The molecule has 0 bridgehead atoms. The number of hydrogen-bond acceptors (Lipinski definition) is 5. The summed E-state index contributed by atoms with van der Waals surface area (Å²) in [5.74, 6) is 0. The van der Waals surface area contributed by atoms with Gasteiger partial charge in [-0.1, -0.05) is 0 Å². The molecule has 0 fully saturated rings. The van der Waals surface area contributed by atoms with Crippen LogP contribution >= 0.6 is 0 Å². The number of aliphatic hydroxyl groups is 1. The number of nitrogens with zero attached hydrogens (tertiary/aromatic N) is 3. The zero-order valence-electron chi connectivity index (χ0n) is 11.1. The fraction of sp³-hybridized carbons (Fsp3) is 0.636. The molecular weight excluding hydrogens is 254 g/mol. The molecule has 1 heterocycles. The minimum absolute atomic E-state index is 0.0666. The van der Waals surface area contributed by atoms with Crippen molar-refractivity contribution in [1.29, 1.82) is 0 Å². The summed E-state index contributed by atoms with van der Waals surface area (Å²) in [7, 11) is 0. The molecule has 1 N–H and O–H groups in total. The van der Waals surface area contributed by atoms with E-state index in [0.717, 1.165) is 15.3 Å². The van der Waals surface area contributed by atoms with E-state index >= 15 is 0 Å². The van der Waals surface area contributed by atoms with Crippen LogP contribution in [0.4, 0.5) is 5.69 Å². The molecule has 106 valence electrons. The summed E-state index contributed by atoms with van der Waals surface area (Å²) in [5.41, 5.74) is -3.25. The van der Waals surface area contributed by atoms with E-state index in [1.807, 2.05) is 0 Å². The average molecular weight is 271 g/mol. The van der Waals surface area contributed by atoms with Crippen LogP contribution in [0.2, 0.25) is 0 Å². The maximum absolute atomic E-state index is 11.9. The van der Waals surface area contributed by atoms with Gasteiger partial charge in [0.05, 0.1) is 16.7 Å². The van der Waals surface area contributed by atoms with E-state index in [2.05, 4.69) is 0 Å². The zero-order valence-corrected chi connectivity index (χ0v) is 11.1. The van der Waals surface area contributed by atoms with Crippen LogP contribution in [0.1, 0.15) is 27.2 Å². The lowest BCUT2D eigenvalue weighted by molar-refractivity contribution is -0.387. The van der Waals surface area contributed by atoms with Crippen LogP contribution in [0.5, 0.6) is 0 Å². The predicted molar refractivity (Wildman–Crippen MR) is 68.2 cm³/mol. The Hall–Kier alpha value is -1.96. The van der Waals surface area contributed by atoms with Crippen LogP contribution in [0.25, 0.3) is 0 Å². The fourth-order valence-electron chi connectivity index (χ4n) is 1.57. The molecule has 0 aliphatic heterocycles. The Kier molecular flexibility index (Phi) is 4.25. The minimum atomic E-state index is -1.06. The summed E-state index contributed by atoms with van der Waals surface area (Å²) in [6, 6.07) is 0. The fourth-order valence-corrected chi connectivity index (χ4v) is 1.57. The summed E-state index contributed by atoms with van der Waals surface area (Å²) < 4.78 is 1.89. The van der Waals surface area contributed by atoms with Crippen molar-refractivity contribution in [3.63, 3.8) is 0 Å². The Bertz CT molecular complexity index is 594. The highest BCUT2D eigenvalue weighted by atomic mass is 16.6. The molecule has 0 aliphatic carbocycles. The first-order valence-electron chi connectivity index (χ1n) is 5.88. The summed E-state index contributed by atoms with van der Waals surface area (Å²) >= 11 is 0. The third kappa shape index (κ3) is 3.50. The second-order valence-electron chi connectivity index (χ2n) is 4.86. The monoisotopic (exact) mass is 271 g/mol. The van der Waals surface area contributed by atoms with Gasteiger partial charge in [0.15, 0.2) is 0 Å². The molecule has 0 unspecified atom stereocenters. The second kappa shape index (κ2) is 5.35. The van der Waals surface area contributed by atoms with Crippen molar-refractivity contribution in [3.05, 3.63) is 37.1 Å². The van der Waals surface area contributed by atoms with E-state index in [1.54, 1.807) is 6.92 Å². The van der Waals surface area contributed by atoms with Crippen molar-refractivity contribution in [3.8, 4) is 0 Å². The molecule has 0 radical (unpaired) electrons. The number of aromatic nitrogens is 2. The lowest BCUT2D eigenvalue weighted by Crippen LogP contribution is -2.41. The van der Waals surface area contributed by atoms with Crippen molar-refractivity contribution in [2.45, 2.75) is 45.9 Å². The van der Waals surface area contributed by atoms with E-state index < -0.39 is 27.5 Å². The van der Waals surface area contributed by atoms with Gasteiger partial charge in [-0.25, -0.2) is 4.79 Å². The molecule has 8 heteroatoms. The van der Waals surface area contributed by atoms with Crippen LogP contribution in [0.15, 0.2) is 15.8 Å². The molecule has 1 rings (SSSR count). The van der Waals surface area contributed by atoms with Crippen LogP contribution in [0, 0.1) is 10.1 Å². The van der Waals surface area contributed by atoms with Crippen LogP contribution in [-0.4, -0.2) is 24.8 Å². The molecule has 8 nitrogen and oxygen atoms in total. The van der Waals surface area contributed by atoms with Gasteiger partial charge in [-0.15, -0.1) is 0 Å². The molecule has 0 saturated carbocycles. The zero-order chi connectivity index (χ0) is 14.8. The highest BCUT2D eigenvalue weighted by molar-refractivity contribution is 5.21. The van der Waals surface area contributed by atoms with E-state index in [-0.39, 0.29) is 19.5 Å². The summed E-state index contributed by atoms with van der Waals surface area (Å²) in [4.78, 5) is 33.7. The Labute approximate surface area is 109 Å². The summed E-state index contributed by atoms with van der Waals surface area (Å²) in [5, 5.41) is 20.4. The van der Waals surface area contributed by atoms with Gasteiger partial charge in [0.2, 0.25) is 0 Å². The quantitative estimate of drug-likeness (QED) is 0.603. The van der Waals surface area contributed by atoms with Gasteiger partial charge in [-0.3, -0.25) is 24.0 Å². The van der Waals surface area contributed by atoms with Crippen LogP contribution in [0.3, 0.4) is 0 Å². The molecule has 0 atom stereocenters. The van der Waals surface area contributed by atoms with Crippen LogP contribution < -0.4 is 11.2 Å². The standard InChI is InChI=1S/C11H17N3O5/c1-4-12-7-8(14(18)19)9(15)13(10(12)16)6-5-11(2,3)17/h7,17H,4-6H2,1-3H3. The van der Waals surface area contributed by atoms with Gasteiger partial charge in [-0.05, 0) is 27.2 Å². The first kappa shape index (κ1) is 15.1. The number of rotatable bonds is 5. The average Bonchev–Trinajstić information content (AvgIpc) is 2.27. The number of aryl methyl sites for hydroxylation is 1. The van der Waals surface area contributed by atoms with E-state index in [4.69, 9.17) is 0 Å². The van der Waals surface area contributed by atoms with Gasteiger partial charge < -0.3 is 5.11 Å². The maximum atomic E-state index is 11.9. The highest BCUT2D eigenvalue weighted by Gasteiger charge is 2.21. The van der Waals surface area contributed by atoms with Crippen molar-refractivity contribution in [2.24, 2.45) is 0 Å². The van der Waals surface area contributed by atoms with E-state index in [0.29, 0.717) is 0 Å². The summed E-state index contributed by atoms with van der Waals surface area (Å²) in [6.45, 7) is 4.88. The highest BCUT2D eigenvalue weighted by Crippen LogP contribution is 2.08. The summed E-state index contributed by atoms with van der Waals surface area (Å²) in [6.07, 6.45) is 1.10. The smallest absolute Gasteiger partial charge is 0.350 e. The first-order valence-corrected chi connectivity index (χ1v) is 5.88. The van der Waals surface area contributed by atoms with Gasteiger partial charge in [0.1, 0.15) is 0 Å². The largest absolute Gasteiger partial charge is 0.390 e. The van der Waals surface area contributed by atoms with E-state index in [9.17, 15) is 24.8 Å². The predicted octanol–water partition coefficient (Wildman–Crippen LogP) is 0.0991. The van der Waals surface area contributed by atoms with E-state index in [1.165, 1.54) is 13.8 Å². The molecular formula is C11H17N3O5. The van der Waals surface area contributed by atoms with Gasteiger partial charge in [0, 0.05) is 13.1 Å². The molecule has 0 aliphatic rings.